The van der Waals surface area contributed by atoms with E-state index < -0.39 is 0 Å². The second-order valence-electron chi connectivity index (χ2n) is 4.67. The van der Waals surface area contributed by atoms with Crippen molar-refractivity contribution in [3.63, 3.8) is 0 Å². The van der Waals surface area contributed by atoms with E-state index in [9.17, 15) is 9.59 Å². The fourth-order valence-corrected chi connectivity index (χ4v) is 2.02. The number of carbonyl (C=O) groups is 1. The Morgan fingerprint density at radius 3 is 2.86 bits per heavy atom. The van der Waals surface area contributed by atoms with Gasteiger partial charge in [0.1, 0.15) is 11.6 Å². The number of aromatic amines is 1. The van der Waals surface area contributed by atoms with Crippen LogP contribution in [-0.2, 0) is 6.42 Å². The van der Waals surface area contributed by atoms with E-state index in [0.29, 0.717) is 23.8 Å². The lowest BCUT2D eigenvalue weighted by atomic mass is 10.1. The third kappa shape index (κ3) is 4.17. The Hall–Kier alpha value is -2.63. The van der Waals surface area contributed by atoms with Crippen molar-refractivity contribution in [3.05, 3.63) is 57.6 Å². The molecule has 1 heterocycles. The van der Waals surface area contributed by atoms with E-state index in [1.54, 1.807) is 20.0 Å². The summed E-state index contributed by atoms with van der Waals surface area (Å²) in [5.74, 6) is 1.03. The Morgan fingerprint density at radius 1 is 1.33 bits per heavy atom. The van der Waals surface area contributed by atoms with Gasteiger partial charge >= 0.3 is 0 Å². The van der Waals surface area contributed by atoms with E-state index in [0.717, 1.165) is 12.0 Å². The van der Waals surface area contributed by atoms with Crippen LogP contribution in [0.1, 0.15) is 21.7 Å². The van der Waals surface area contributed by atoms with Crippen molar-refractivity contribution in [1.29, 1.82) is 0 Å². The summed E-state index contributed by atoms with van der Waals surface area (Å²) in [6, 6.07) is 8.88. The van der Waals surface area contributed by atoms with Crippen LogP contribution in [0.3, 0.4) is 0 Å². The number of rotatable bonds is 5. The van der Waals surface area contributed by atoms with Crippen LogP contribution in [0, 0.1) is 6.92 Å². The molecule has 21 heavy (non-hydrogen) atoms. The van der Waals surface area contributed by atoms with Crippen molar-refractivity contribution in [2.24, 2.45) is 0 Å². The third-order valence-electron chi connectivity index (χ3n) is 3.00. The Bertz CT molecular complexity index is 694. The summed E-state index contributed by atoms with van der Waals surface area (Å²) in [6.07, 6.45) is 0.734. The van der Waals surface area contributed by atoms with E-state index in [1.165, 1.54) is 6.07 Å². The average Bonchev–Trinajstić information content (AvgIpc) is 2.46. The molecule has 1 aromatic carbocycles. The molecule has 0 saturated heterocycles. The van der Waals surface area contributed by atoms with Gasteiger partial charge in [-0.2, -0.15) is 0 Å². The zero-order chi connectivity index (χ0) is 15.2. The molecule has 0 aliphatic rings. The largest absolute Gasteiger partial charge is 0.370 e. The minimum absolute atomic E-state index is 0.100. The first-order valence-electron chi connectivity index (χ1n) is 6.71. The fourth-order valence-electron chi connectivity index (χ4n) is 2.02. The van der Waals surface area contributed by atoms with E-state index in [1.807, 2.05) is 18.2 Å². The number of aromatic nitrogens is 2. The fraction of sp³-hybridized carbons (Fsp3) is 0.267. The smallest absolute Gasteiger partial charge is 0.252 e. The van der Waals surface area contributed by atoms with E-state index in [2.05, 4.69) is 20.6 Å². The molecule has 1 aromatic heterocycles. The minimum atomic E-state index is -0.174. The average molecular weight is 286 g/mol. The van der Waals surface area contributed by atoms with Gasteiger partial charge in [0.2, 0.25) is 0 Å². The maximum Gasteiger partial charge on any atom is 0.252 e. The summed E-state index contributed by atoms with van der Waals surface area (Å²) < 4.78 is 0. The number of benzene rings is 1. The van der Waals surface area contributed by atoms with Gasteiger partial charge in [-0.15, -0.1) is 0 Å². The van der Waals surface area contributed by atoms with Crippen molar-refractivity contribution in [2.45, 2.75) is 13.3 Å². The normalized spacial score (nSPS) is 10.2. The van der Waals surface area contributed by atoms with Gasteiger partial charge in [-0.05, 0) is 31.0 Å². The van der Waals surface area contributed by atoms with E-state index in [4.69, 9.17) is 0 Å². The second-order valence-corrected chi connectivity index (χ2v) is 4.67. The zero-order valence-corrected chi connectivity index (χ0v) is 12.1. The SMILES string of the molecule is CNC(=O)c1cccc(CCNc2cc(=O)[nH]c(C)n2)c1. The molecule has 3 N–H and O–H groups in total. The Kier molecular flexibility index (Phi) is 4.71. The first kappa shape index (κ1) is 14.8. The van der Waals surface area contributed by atoms with Gasteiger partial charge in [0, 0.05) is 25.2 Å². The molecule has 0 unspecified atom stereocenters. The standard InChI is InChI=1S/C15H18N4O2/c1-10-18-13(9-14(20)19-10)17-7-6-11-4-3-5-12(8-11)15(21)16-2/h3-5,8-9H,6-7H2,1-2H3,(H,16,21)(H2,17,18,19,20). The number of hydrogen-bond acceptors (Lipinski definition) is 4. The summed E-state index contributed by atoms with van der Waals surface area (Å²) in [5, 5.41) is 5.71. The third-order valence-corrected chi connectivity index (χ3v) is 3.00. The Labute approximate surface area is 122 Å². The van der Waals surface area contributed by atoms with Gasteiger partial charge in [-0.3, -0.25) is 9.59 Å². The monoisotopic (exact) mass is 286 g/mol. The highest BCUT2D eigenvalue weighted by Gasteiger charge is 2.04. The van der Waals surface area contributed by atoms with Gasteiger partial charge in [0.15, 0.2) is 0 Å². The molecular weight excluding hydrogens is 268 g/mol. The number of H-pyrrole nitrogens is 1. The molecule has 6 heteroatoms. The molecule has 2 aromatic rings. The molecule has 0 spiro atoms. The molecule has 2 rings (SSSR count). The number of hydrogen-bond donors (Lipinski definition) is 3. The van der Waals surface area contributed by atoms with Crippen molar-refractivity contribution in [1.82, 2.24) is 15.3 Å². The van der Waals surface area contributed by atoms with Crippen LogP contribution in [0.15, 0.2) is 35.1 Å². The Morgan fingerprint density at radius 2 is 2.14 bits per heavy atom. The molecule has 6 nitrogen and oxygen atoms in total. The lowest BCUT2D eigenvalue weighted by Crippen LogP contribution is -2.18. The number of anilines is 1. The molecule has 0 radical (unpaired) electrons. The molecule has 0 atom stereocenters. The van der Waals surface area contributed by atoms with Crippen LogP contribution in [0.5, 0.6) is 0 Å². The van der Waals surface area contributed by atoms with E-state index in [-0.39, 0.29) is 11.5 Å². The van der Waals surface area contributed by atoms with E-state index >= 15 is 0 Å². The van der Waals surface area contributed by atoms with Gasteiger partial charge in [-0.25, -0.2) is 4.98 Å². The highest BCUT2D eigenvalue weighted by atomic mass is 16.1. The molecule has 1 amide bonds. The number of amides is 1. The lowest BCUT2D eigenvalue weighted by molar-refractivity contribution is 0.0963. The highest BCUT2D eigenvalue weighted by Crippen LogP contribution is 2.07. The van der Waals surface area contributed by atoms with Crippen LogP contribution in [0.25, 0.3) is 0 Å². The predicted molar refractivity (Wildman–Crippen MR) is 81.6 cm³/mol. The topological polar surface area (TPSA) is 86.9 Å². The first-order chi connectivity index (χ1) is 10.1. The molecule has 0 aliphatic carbocycles. The highest BCUT2D eigenvalue weighted by molar-refractivity contribution is 5.94. The van der Waals surface area contributed by atoms with Gasteiger partial charge < -0.3 is 15.6 Å². The molecule has 0 bridgehead atoms. The van der Waals surface area contributed by atoms with Crippen molar-refractivity contribution >= 4 is 11.7 Å². The van der Waals surface area contributed by atoms with Crippen LogP contribution < -0.4 is 16.2 Å². The molecule has 110 valence electrons. The van der Waals surface area contributed by atoms with Crippen molar-refractivity contribution in [3.8, 4) is 0 Å². The molecule has 0 saturated carbocycles. The second kappa shape index (κ2) is 6.69. The molecule has 0 fully saturated rings. The number of carbonyl (C=O) groups excluding carboxylic acids is 1. The van der Waals surface area contributed by atoms with Crippen LogP contribution in [0.2, 0.25) is 0 Å². The van der Waals surface area contributed by atoms with Crippen LogP contribution >= 0.6 is 0 Å². The molecular formula is C15H18N4O2. The number of nitrogens with one attached hydrogen (secondary N) is 3. The van der Waals surface area contributed by atoms with Crippen LogP contribution in [0.4, 0.5) is 5.82 Å². The van der Waals surface area contributed by atoms with Gasteiger partial charge in [0.05, 0.1) is 0 Å². The van der Waals surface area contributed by atoms with Crippen LogP contribution in [-0.4, -0.2) is 29.5 Å². The summed E-state index contributed by atoms with van der Waals surface area (Å²) in [5.41, 5.74) is 1.51. The Balaban J connectivity index is 1.97. The lowest BCUT2D eigenvalue weighted by Gasteiger charge is -2.07. The van der Waals surface area contributed by atoms with Crippen molar-refractivity contribution in [2.75, 3.05) is 18.9 Å². The number of nitrogens with zero attached hydrogens (tertiary/aromatic N) is 1. The summed E-state index contributed by atoms with van der Waals surface area (Å²) >= 11 is 0. The summed E-state index contributed by atoms with van der Waals surface area (Å²) in [7, 11) is 1.61. The van der Waals surface area contributed by atoms with Gasteiger partial charge in [0.25, 0.3) is 11.5 Å². The zero-order valence-electron chi connectivity index (χ0n) is 12.1. The number of aryl methyl sites for hydroxylation is 1. The minimum Gasteiger partial charge on any atom is -0.370 e. The van der Waals surface area contributed by atoms with Gasteiger partial charge in [-0.1, -0.05) is 12.1 Å². The summed E-state index contributed by atoms with van der Waals surface area (Å²) in [6.45, 7) is 2.37. The quantitative estimate of drug-likeness (QED) is 0.768. The summed E-state index contributed by atoms with van der Waals surface area (Å²) in [4.78, 5) is 29.7. The van der Waals surface area contributed by atoms with Crippen molar-refractivity contribution < 1.29 is 4.79 Å². The predicted octanol–water partition coefficient (Wildman–Crippen LogP) is 1.09. The molecule has 0 aliphatic heterocycles. The maximum absolute atomic E-state index is 11.6. The maximum atomic E-state index is 11.6. The first-order valence-corrected chi connectivity index (χ1v) is 6.71.